The number of aromatic hydroxyl groups is 1. The van der Waals surface area contributed by atoms with E-state index in [0.29, 0.717) is 11.4 Å². The van der Waals surface area contributed by atoms with E-state index >= 15 is 0 Å². The van der Waals surface area contributed by atoms with E-state index in [1.54, 1.807) is 13.0 Å². The number of nitrogens with two attached hydrogens (primary N) is 1. The topological polar surface area (TPSA) is 129 Å². The summed E-state index contributed by atoms with van der Waals surface area (Å²) in [5.74, 6) is -1.88. The van der Waals surface area contributed by atoms with E-state index in [2.05, 4.69) is 10.1 Å². The zero-order valence-electron chi connectivity index (χ0n) is 16.0. The van der Waals surface area contributed by atoms with E-state index in [-0.39, 0.29) is 22.3 Å². The number of hydrogen-bond donors (Lipinski definition) is 3. The Morgan fingerprint density at radius 1 is 1.18 bits per heavy atom. The number of benzene rings is 1. The van der Waals surface area contributed by atoms with Crippen LogP contribution in [-0.4, -0.2) is 27.6 Å². The van der Waals surface area contributed by atoms with Crippen molar-refractivity contribution >= 4 is 29.3 Å². The Hall–Kier alpha value is -3.68. The molecule has 1 aliphatic heterocycles. The molecule has 3 rings (SSSR count). The molecule has 0 atom stereocenters. The zero-order valence-corrected chi connectivity index (χ0v) is 16.0. The van der Waals surface area contributed by atoms with Crippen LogP contribution in [0.25, 0.3) is 6.08 Å². The van der Waals surface area contributed by atoms with Crippen molar-refractivity contribution in [2.45, 2.75) is 27.7 Å². The van der Waals surface area contributed by atoms with Crippen LogP contribution in [-0.2, 0) is 4.79 Å². The Kier molecular flexibility index (Phi) is 4.64. The number of pyridine rings is 1. The van der Waals surface area contributed by atoms with Crippen molar-refractivity contribution in [3.63, 3.8) is 0 Å². The number of primary amides is 1. The van der Waals surface area contributed by atoms with E-state index < -0.39 is 23.3 Å². The second kappa shape index (κ2) is 6.80. The van der Waals surface area contributed by atoms with Crippen LogP contribution in [0.3, 0.4) is 0 Å². The summed E-state index contributed by atoms with van der Waals surface area (Å²) in [7, 11) is 0. The maximum Gasteiger partial charge on any atom is 0.280 e. The fourth-order valence-corrected chi connectivity index (χ4v) is 3.06. The van der Waals surface area contributed by atoms with Gasteiger partial charge < -0.3 is 10.8 Å². The average Bonchev–Trinajstić information content (AvgIpc) is 2.88. The molecule has 8 nitrogen and oxygen atoms in total. The van der Waals surface area contributed by atoms with Crippen LogP contribution in [0, 0.1) is 20.8 Å². The Morgan fingerprint density at radius 3 is 2.46 bits per heavy atom. The number of amides is 2. The SMILES string of the molecule is CC1=NN(c2ccc(C)c(C)c2)C(=O)/C1=C\c1c(C)c(C(N)=O)c(O)[nH]c1=O. The molecule has 1 aliphatic rings. The van der Waals surface area contributed by atoms with Gasteiger partial charge in [0.15, 0.2) is 0 Å². The van der Waals surface area contributed by atoms with Gasteiger partial charge in [0, 0.05) is 5.56 Å². The highest BCUT2D eigenvalue weighted by Crippen LogP contribution is 2.27. The minimum absolute atomic E-state index is 0.0615. The normalized spacial score (nSPS) is 15.3. The molecule has 2 amide bonds. The summed E-state index contributed by atoms with van der Waals surface area (Å²) < 4.78 is 0. The monoisotopic (exact) mass is 380 g/mol. The lowest BCUT2D eigenvalue weighted by Gasteiger charge is -2.13. The van der Waals surface area contributed by atoms with Gasteiger partial charge in [-0.15, -0.1) is 0 Å². The fourth-order valence-electron chi connectivity index (χ4n) is 3.06. The second-order valence-corrected chi connectivity index (χ2v) is 6.71. The first-order chi connectivity index (χ1) is 13.1. The molecule has 0 fully saturated rings. The lowest BCUT2D eigenvalue weighted by atomic mass is 10.0. The standard InChI is InChI=1S/C20H20N4O4/c1-9-5-6-13(7-10(9)2)24-20(28)15(12(4)23-24)8-14-11(3)16(17(21)25)19(27)22-18(14)26/h5-8H,1-4H3,(H2,21,25)(H2,22,26,27)/b15-8-. The number of hydrogen-bond acceptors (Lipinski definition) is 5. The third-order valence-electron chi connectivity index (χ3n) is 4.83. The molecule has 1 aromatic heterocycles. The van der Waals surface area contributed by atoms with Gasteiger partial charge in [-0.2, -0.15) is 10.1 Å². The molecule has 28 heavy (non-hydrogen) atoms. The molecule has 0 saturated carbocycles. The second-order valence-electron chi connectivity index (χ2n) is 6.71. The molecule has 2 aromatic rings. The summed E-state index contributed by atoms with van der Waals surface area (Å²) in [6, 6.07) is 5.55. The van der Waals surface area contributed by atoms with Crippen molar-refractivity contribution in [2.24, 2.45) is 10.8 Å². The zero-order chi connectivity index (χ0) is 20.7. The Bertz CT molecular complexity index is 1140. The van der Waals surface area contributed by atoms with Crippen molar-refractivity contribution in [3.8, 4) is 5.88 Å². The van der Waals surface area contributed by atoms with E-state index in [0.717, 1.165) is 11.1 Å². The highest BCUT2D eigenvalue weighted by atomic mass is 16.3. The van der Waals surface area contributed by atoms with Crippen LogP contribution >= 0.6 is 0 Å². The number of H-pyrrole nitrogens is 1. The Balaban J connectivity index is 2.10. The van der Waals surface area contributed by atoms with Crippen molar-refractivity contribution in [3.05, 3.63) is 61.9 Å². The van der Waals surface area contributed by atoms with E-state index in [9.17, 15) is 19.5 Å². The summed E-state index contributed by atoms with van der Waals surface area (Å²) in [6.07, 6.45) is 1.36. The number of aryl methyl sites for hydroxylation is 2. The summed E-state index contributed by atoms with van der Waals surface area (Å²) in [4.78, 5) is 39.0. The van der Waals surface area contributed by atoms with Gasteiger partial charge in [-0.25, -0.2) is 0 Å². The maximum absolute atomic E-state index is 12.9. The van der Waals surface area contributed by atoms with Gasteiger partial charge in [-0.3, -0.25) is 19.4 Å². The number of hydrazone groups is 1. The van der Waals surface area contributed by atoms with Gasteiger partial charge >= 0.3 is 0 Å². The number of carbonyl (C=O) groups is 2. The number of aromatic nitrogens is 1. The van der Waals surface area contributed by atoms with Gasteiger partial charge in [0.05, 0.1) is 17.0 Å². The number of nitrogens with zero attached hydrogens (tertiary/aromatic N) is 2. The summed E-state index contributed by atoms with van der Waals surface area (Å²) >= 11 is 0. The molecule has 0 saturated heterocycles. The van der Waals surface area contributed by atoms with Crippen LogP contribution in [0.1, 0.15) is 39.5 Å². The predicted octanol–water partition coefficient (Wildman–Crippen LogP) is 1.91. The van der Waals surface area contributed by atoms with Gasteiger partial charge in [-0.05, 0) is 62.6 Å². The quantitative estimate of drug-likeness (QED) is 0.702. The van der Waals surface area contributed by atoms with Gasteiger partial charge in [0.25, 0.3) is 17.4 Å². The van der Waals surface area contributed by atoms with Gasteiger partial charge in [0.2, 0.25) is 5.88 Å². The molecule has 0 radical (unpaired) electrons. The smallest absolute Gasteiger partial charge is 0.280 e. The molecule has 0 aliphatic carbocycles. The Labute approximate surface area is 161 Å². The number of carbonyl (C=O) groups excluding carboxylic acids is 2. The van der Waals surface area contributed by atoms with Crippen LogP contribution < -0.4 is 16.3 Å². The van der Waals surface area contributed by atoms with Crippen LogP contribution in [0.15, 0.2) is 33.7 Å². The van der Waals surface area contributed by atoms with Gasteiger partial charge in [-0.1, -0.05) is 6.07 Å². The summed E-state index contributed by atoms with van der Waals surface area (Å²) in [6.45, 7) is 7.05. The van der Waals surface area contributed by atoms with Crippen LogP contribution in [0.2, 0.25) is 0 Å². The molecule has 0 bridgehead atoms. The molecule has 0 unspecified atom stereocenters. The average molecular weight is 380 g/mol. The van der Waals surface area contributed by atoms with E-state index in [4.69, 9.17) is 5.73 Å². The fraction of sp³-hybridized carbons (Fsp3) is 0.200. The Morgan fingerprint density at radius 2 is 1.86 bits per heavy atom. The molecule has 144 valence electrons. The lowest BCUT2D eigenvalue weighted by molar-refractivity contribution is -0.114. The number of nitrogens with one attached hydrogen (secondary N) is 1. The summed E-state index contributed by atoms with van der Waals surface area (Å²) in [5, 5.41) is 15.4. The van der Waals surface area contributed by atoms with Gasteiger partial charge in [0.1, 0.15) is 5.56 Å². The summed E-state index contributed by atoms with van der Waals surface area (Å²) in [5.41, 5.74) is 8.06. The minimum Gasteiger partial charge on any atom is -0.494 e. The number of anilines is 1. The van der Waals surface area contributed by atoms with Crippen molar-refractivity contribution < 1.29 is 14.7 Å². The number of aromatic amines is 1. The van der Waals surface area contributed by atoms with E-state index in [1.165, 1.54) is 18.0 Å². The molecule has 8 heteroatoms. The molecule has 4 N–H and O–H groups in total. The van der Waals surface area contributed by atoms with Crippen molar-refractivity contribution in [1.29, 1.82) is 0 Å². The molecular formula is C20H20N4O4. The first-order valence-electron chi connectivity index (χ1n) is 8.56. The predicted molar refractivity (Wildman–Crippen MR) is 106 cm³/mol. The highest BCUT2D eigenvalue weighted by Gasteiger charge is 2.30. The first-order valence-corrected chi connectivity index (χ1v) is 8.56. The van der Waals surface area contributed by atoms with E-state index in [1.807, 2.05) is 26.0 Å². The molecule has 1 aromatic carbocycles. The minimum atomic E-state index is -0.884. The van der Waals surface area contributed by atoms with Crippen molar-refractivity contribution in [1.82, 2.24) is 4.98 Å². The molecule has 0 spiro atoms. The molecular weight excluding hydrogens is 360 g/mol. The number of rotatable bonds is 3. The largest absolute Gasteiger partial charge is 0.494 e. The highest BCUT2D eigenvalue weighted by molar-refractivity contribution is 6.32. The lowest BCUT2D eigenvalue weighted by Crippen LogP contribution is -2.23. The molecule has 2 heterocycles. The maximum atomic E-state index is 12.9. The third kappa shape index (κ3) is 3.09. The van der Waals surface area contributed by atoms with Crippen molar-refractivity contribution in [2.75, 3.05) is 5.01 Å². The third-order valence-corrected chi connectivity index (χ3v) is 4.83. The van der Waals surface area contributed by atoms with Crippen LogP contribution in [0.5, 0.6) is 5.88 Å². The van der Waals surface area contributed by atoms with Crippen LogP contribution in [0.4, 0.5) is 5.69 Å². The first kappa shape index (κ1) is 19.1.